The van der Waals surface area contributed by atoms with E-state index >= 15 is 0 Å². The molecule has 0 aliphatic carbocycles. The minimum atomic E-state index is -1.18. The lowest BCUT2D eigenvalue weighted by Crippen LogP contribution is -2.40. The van der Waals surface area contributed by atoms with Gasteiger partial charge in [-0.2, -0.15) is 0 Å². The zero-order valence-corrected chi connectivity index (χ0v) is 13.4. The maximum atomic E-state index is 12.3. The van der Waals surface area contributed by atoms with Crippen molar-refractivity contribution < 1.29 is 19.6 Å². The van der Waals surface area contributed by atoms with Gasteiger partial charge in [0.1, 0.15) is 11.6 Å². The van der Waals surface area contributed by atoms with Crippen LogP contribution in [-0.2, 0) is 4.79 Å². The number of anilines is 1. The van der Waals surface area contributed by atoms with Crippen molar-refractivity contribution in [3.05, 3.63) is 33.9 Å². The van der Waals surface area contributed by atoms with Crippen LogP contribution in [0.5, 0.6) is 0 Å². The second-order valence-corrected chi connectivity index (χ2v) is 5.15. The van der Waals surface area contributed by atoms with E-state index in [2.05, 4.69) is 5.32 Å². The van der Waals surface area contributed by atoms with Crippen LogP contribution in [0.15, 0.2) is 18.2 Å². The number of benzene rings is 1. The van der Waals surface area contributed by atoms with Gasteiger partial charge in [0.2, 0.25) is 0 Å². The molecule has 0 aromatic heterocycles. The molecular weight excluding hydrogens is 302 g/mol. The quantitative estimate of drug-likeness (QED) is 0.559. The summed E-state index contributed by atoms with van der Waals surface area (Å²) in [6.45, 7) is 4.33. The van der Waals surface area contributed by atoms with Crippen LogP contribution < -0.4 is 10.2 Å². The Morgan fingerprint density at radius 1 is 1.39 bits per heavy atom. The second kappa shape index (κ2) is 8.11. The van der Waals surface area contributed by atoms with E-state index in [1.54, 1.807) is 13.0 Å². The van der Waals surface area contributed by atoms with Crippen molar-refractivity contribution in [2.24, 2.45) is 0 Å². The molecule has 0 radical (unpaired) electrons. The van der Waals surface area contributed by atoms with Gasteiger partial charge >= 0.3 is 5.97 Å². The predicted molar refractivity (Wildman–Crippen MR) is 85.8 cm³/mol. The fraction of sp³-hybridized carbons (Fsp3) is 0.467. The molecular formula is C15H21N3O5. The van der Waals surface area contributed by atoms with Crippen LogP contribution in [-0.4, -0.2) is 41.5 Å². The Bertz CT molecular complexity index is 603. The molecule has 0 fully saturated rings. The summed E-state index contributed by atoms with van der Waals surface area (Å²) in [5, 5.41) is 22.4. The van der Waals surface area contributed by atoms with E-state index in [4.69, 9.17) is 5.11 Å². The van der Waals surface area contributed by atoms with Crippen molar-refractivity contribution in [3.8, 4) is 0 Å². The highest BCUT2D eigenvalue weighted by Crippen LogP contribution is 2.25. The number of aliphatic carboxylic acids is 1. The molecule has 23 heavy (non-hydrogen) atoms. The van der Waals surface area contributed by atoms with E-state index in [1.807, 2.05) is 18.9 Å². The Hall–Kier alpha value is -2.64. The number of hydrogen-bond donors (Lipinski definition) is 2. The molecule has 1 atom stereocenters. The third-order valence-corrected chi connectivity index (χ3v) is 3.43. The van der Waals surface area contributed by atoms with Gasteiger partial charge in [0.05, 0.1) is 4.92 Å². The van der Waals surface area contributed by atoms with E-state index in [1.165, 1.54) is 12.1 Å². The summed E-state index contributed by atoms with van der Waals surface area (Å²) < 4.78 is 0. The maximum Gasteiger partial charge on any atom is 0.326 e. The van der Waals surface area contributed by atoms with Crippen molar-refractivity contribution in [1.82, 2.24) is 5.32 Å². The SMILES string of the molecule is CCCN(C)c1ccc([N+](=O)[O-])c(C(=O)NC(CC)C(=O)O)c1. The number of rotatable bonds is 8. The number of nitro groups is 1. The molecule has 126 valence electrons. The highest BCUT2D eigenvalue weighted by Gasteiger charge is 2.25. The fourth-order valence-electron chi connectivity index (χ4n) is 2.14. The highest BCUT2D eigenvalue weighted by atomic mass is 16.6. The summed E-state index contributed by atoms with van der Waals surface area (Å²) in [5.74, 6) is -1.94. The fourth-order valence-corrected chi connectivity index (χ4v) is 2.14. The van der Waals surface area contributed by atoms with Crippen LogP contribution in [0.2, 0.25) is 0 Å². The zero-order chi connectivity index (χ0) is 17.6. The van der Waals surface area contributed by atoms with Gasteiger partial charge in [-0.1, -0.05) is 13.8 Å². The third-order valence-electron chi connectivity index (χ3n) is 3.43. The number of nitrogens with one attached hydrogen (secondary N) is 1. The molecule has 2 N–H and O–H groups in total. The van der Waals surface area contributed by atoms with Gasteiger partial charge in [-0.05, 0) is 25.0 Å². The molecule has 0 aliphatic rings. The number of carbonyl (C=O) groups is 2. The predicted octanol–water partition coefficient (Wildman–Crippen LogP) is 2.03. The monoisotopic (exact) mass is 323 g/mol. The summed E-state index contributed by atoms with van der Waals surface area (Å²) in [7, 11) is 1.82. The number of nitro benzene ring substituents is 1. The number of hydrogen-bond acceptors (Lipinski definition) is 5. The Morgan fingerprint density at radius 2 is 2.04 bits per heavy atom. The van der Waals surface area contributed by atoms with Crippen molar-refractivity contribution in [1.29, 1.82) is 0 Å². The summed E-state index contributed by atoms with van der Waals surface area (Å²) in [6, 6.07) is 3.16. The average molecular weight is 323 g/mol. The number of amides is 1. The first-order chi connectivity index (χ1) is 10.8. The standard InChI is InChI=1S/C15H21N3O5/c1-4-8-17(3)10-6-7-13(18(22)23)11(9-10)14(19)16-12(5-2)15(20)21/h6-7,9,12H,4-5,8H2,1-3H3,(H,16,19)(H,20,21). The van der Waals surface area contributed by atoms with Gasteiger partial charge in [0, 0.05) is 25.3 Å². The first-order valence-corrected chi connectivity index (χ1v) is 7.35. The van der Waals surface area contributed by atoms with Crippen molar-refractivity contribution in [2.45, 2.75) is 32.7 Å². The largest absolute Gasteiger partial charge is 0.480 e. The highest BCUT2D eigenvalue weighted by molar-refractivity contribution is 6.00. The van der Waals surface area contributed by atoms with Crippen LogP contribution in [0.4, 0.5) is 11.4 Å². The number of carboxylic acid groups (broad SMARTS) is 1. The third kappa shape index (κ3) is 4.67. The van der Waals surface area contributed by atoms with Gasteiger partial charge in [-0.3, -0.25) is 14.9 Å². The minimum absolute atomic E-state index is 0.143. The van der Waals surface area contributed by atoms with Crippen molar-refractivity contribution in [2.75, 3.05) is 18.5 Å². The zero-order valence-electron chi connectivity index (χ0n) is 13.4. The van der Waals surface area contributed by atoms with E-state index in [-0.39, 0.29) is 17.7 Å². The Balaban J connectivity index is 3.19. The van der Waals surface area contributed by atoms with Gasteiger partial charge in [-0.25, -0.2) is 4.79 Å². The lowest BCUT2D eigenvalue weighted by molar-refractivity contribution is -0.385. The first kappa shape index (κ1) is 18.4. The molecule has 1 aromatic rings. The molecule has 1 unspecified atom stereocenters. The molecule has 8 nitrogen and oxygen atoms in total. The topological polar surface area (TPSA) is 113 Å². The molecule has 1 rings (SSSR count). The van der Waals surface area contributed by atoms with Crippen LogP contribution in [0.3, 0.4) is 0 Å². The average Bonchev–Trinajstić information content (AvgIpc) is 2.51. The number of carboxylic acids is 1. The summed E-state index contributed by atoms with van der Waals surface area (Å²) in [6.07, 6.45) is 1.07. The summed E-state index contributed by atoms with van der Waals surface area (Å²) in [4.78, 5) is 35.6. The molecule has 1 amide bonds. The molecule has 8 heteroatoms. The number of carbonyl (C=O) groups excluding carboxylic acids is 1. The summed E-state index contributed by atoms with van der Waals surface area (Å²) in [5.41, 5.74) is 0.164. The lowest BCUT2D eigenvalue weighted by Gasteiger charge is -2.19. The van der Waals surface area contributed by atoms with E-state index in [9.17, 15) is 19.7 Å². The second-order valence-electron chi connectivity index (χ2n) is 5.15. The van der Waals surface area contributed by atoms with Crippen LogP contribution in [0.1, 0.15) is 37.0 Å². The molecule has 1 aromatic carbocycles. The molecule has 0 saturated carbocycles. The molecule has 0 aliphatic heterocycles. The molecule has 0 saturated heterocycles. The molecule has 0 bridgehead atoms. The van der Waals surface area contributed by atoms with Gasteiger partial charge < -0.3 is 15.3 Å². The van der Waals surface area contributed by atoms with Crippen LogP contribution in [0.25, 0.3) is 0 Å². The van der Waals surface area contributed by atoms with Crippen molar-refractivity contribution >= 4 is 23.3 Å². The van der Waals surface area contributed by atoms with Crippen molar-refractivity contribution in [3.63, 3.8) is 0 Å². The normalized spacial score (nSPS) is 11.6. The van der Waals surface area contributed by atoms with Gasteiger partial charge in [0.15, 0.2) is 0 Å². The Morgan fingerprint density at radius 3 is 2.52 bits per heavy atom. The molecule has 0 heterocycles. The van der Waals surface area contributed by atoms with Crippen LogP contribution >= 0.6 is 0 Å². The molecule has 0 spiro atoms. The Kier molecular flexibility index (Phi) is 6.49. The lowest BCUT2D eigenvalue weighted by atomic mass is 10.1. The minimum Gasteiger partial charge on any atom is -0.480 e. The van der Waals surface area contributed by atoms with Gasteiger partial charge in [-0.15, -0.1) is 0 Å². The van der Waals surface area contributed by atoms with E-state index in [0.29, 0.717) is 5.69 Å². The van der Waals surface area contributed by atoms with Gasteiger partial charge in [0.25, 0.3) is 11.6 Å². The summed E-state index contributed by atoms with van der Waals surface area (Å²) >= 11 is 0. The maximum absolute atomic E-state index is 12.3. The van der Waals surface area contributed by atoms with E-state index < -0.39 is 22.8 Å². The number of nitrogens with zero attached hydrogens (tertiary/aromatic N) is 2. The van der Waals surface area contributed by atoms with E-state index in [0.717, 1.165) is 13.0 Å². The Labute approximate surface area is 134 Å². The first-order valence-electron chi connectivity index (χ1n) is 7.35. The smallest absolute Gasteiger partial charge is 0.326 e. The van der Waals surface area contributed by atoms with Crippen LogP contribution in [0, 0.1) is 10.1 Å².